The van der Waals surface area contributed by atoms with Crippen LogP contribution in [-0.2, 0) is 0 Å². The molecule has 1 aliphatic rings. The van der Waals surface area contributed by atoms with Gasteiger partial charge in [0.15, 0.2) is 0 Å². The Labute approximate surface area is 128 Å². The SMILES string of the molecule is Cc1ccc(N(C)C(=O)c2cc(Cl)nc(C3CC3)c2)nc1. The number of hydrogen-bond acceptors (Lipinski definition) is 3. The number of halogens is 1. The van der Waals surface area contributed by atoms with E-state index in [0.29, 0.717) is 22.5 Å². The second-order valence-corrected chi connectivity index (χ2v) is 5.82. The van der Waals surface area contributed by atoms with Crippen molar-refractivity contribution in [2.45, 2.75) is 25.7 Å². The van der Waals surface area contributed by atoms with E-state index in [9.17, 15) is 4.79 Å². The molecule has 5 heteroatoms. The van der Waals surface area contributed by atoms with Gasteiger partial charge < -0.3 is 0 Å². The summed E-state index contributed by atoms with van der Waals surface area (Å²) in [6.07, 6.45) is 3.99. The van der Waals surface area contributed by atoms with E-state index in [1.54, 1.807) is 19.3 Å². The molecule has 0 unspecified atom stereocenters. The number of nitrogens with zero attached hydrogens (tertiary/aromatic N) is 3. The molecule has 0 spiro atoms. The number of rotatable bonds is 3. The Morgan fingerprint density at radius 3 is 2.71 bits per heavy atom. The molecule has 0 N–H and O–H groups in total. The van der Waals surface area contributed by atoms with Crippen molar-refractivity contribution in [1.82, 2.24) is 9.97 Å². The zero-order valence-corrected chi connectivity index (χ0v) is 12.8. The topological polar surface area (TPSA) is 46.1 Å². The number of amides is 1. The van der Waals surface area contributed by atoms with Crippen LogP contribution in [0.1, 0.15) is 40.4 Å². The van der Waals surface area contributed by atoms with E-state index in [1.165, 1.54) is 4.90 Å². The first kappa shape index (κ1) is 14.0. The molecule has 0 atom stereocenters. The quantitative estimate of drug-likeness (QED) is 0.814. The molecule has 1 aliphatic carbocycles. The first-order valence-electron chi connectivity index (χ1n) is 6.93. The molecule has 1 saturated carbocycles. The second-order valence-electron chi connectivity index (χ2n) is 5.44. The second kappa shape index (κ2) is 5.45. The molecule has 0 bridgehead atoms. The Kier molecular flexibility index (Phi) is 3.64. The number of aromatic nitrogens is 2. The van der Waals surface area contributed by atoms with Gasteiger partial charge in [-0.05, 0) is 43.5 Å². The van der Waals surface area contributed by atoms with Crippen LogP contribution in [0.3, 0.4) is 0 Å². The number of carbonyl (C=O) groups is 1. The smallest absolute Gasteiger partial charge is 0.259 e. The number of aryl methyl sites for hydroxylation is 1. The van der Waals surface area contributed by atoms with Gasteiger partial charge in [0.25, 0.3) is 5.91 Å². The summed E-state index contributed by atoms with van der Waals surface area (Å²) in [6.45, 7) is 1.96. The fraction of sp³-hybridized carbons (Fsp3) is 0.312. The maximum atomic E-state index is 12.6. The van der Waals surface area contributed by atoms with Crippen molar-refractivity contribution < 1.29 is 4.79 Å². The first-order valence-corrected chi connectivity index (χ1v) is 7.30. The van der Waals surface area contributed by atoms with Gasteiger partial charge in [0.05, 0.1) is 0 Å². The maximum Gasteiger partial charge on any atom is 0.259 e. The number of pyridine rings is 2. The van der Waals surface area contributed by atoms with E-state index >= 15 is 0 Å². The average Bonchev–Trinajstić information content (AvgIpc) is 3.30. The lowest BCUT2D eigenvalue weighted by Gasteiger charge is -2.17. The van der Waals surface area contributed by atoms with E-state index in [0.717, 1.165) is 24.1 Å². The van der Waals surface area contributed by atoms with Gasteiger partial charge in [0.1, 0.15) is 11.0 Å². The van der Waals surface area contributed by atoms with Crippen LogP contribution in [0.15, 0.2) is 30.5 Å². The highest BCUT2D eigenvalue weighted by atomic mass is 35.5. The van der Waals surface area contributed by atoms with Crippen LogP contribution in [0, 0.1) is 6.92 Å². The van der Waals surface area contributed by atoms with E-state index in [2.05, 4.69) is 9.97 Å². The molecule has 0 saturated heterocycles. The summed E-state index contributed by atoms with van der Waals surface area (Å²) in [4.78, 5) is 22.7. The average molecular weight is 302 g/mol. The highest BCUT2D eigenvalue weighted by molar-refractivity contribution is 6.29. The van der Waals surface area contributed by atoms with Gasteiger partial charge in [-0.1, -0.05) is 17.7 Å². The van der Waals surface area contributed by atoms with Gasteiger partial charge in [0, 0.05) is 30.4 Å². The minimum absolute atomic E-state index is 0.127. The molecule has 0 aromatic carbocycles. The Hall–Kier alpha value is -1.94. The van der Waals surface area contributed by atoms with Gasteiger partial charge in [-0.25, -0.2) is 9.97 Å². The van der Waals surface area contributed by atoms with Crippen LogP contribution in [0.2, 0.25) is 5.15 Å². The molecular formula is C16H16ClN3O. The Morgan fingerprint density at radius 2 is 2.10 bits per heavy atom. The van der Waals surface area contributed by atoms with Crippen LogP contribution in [0.4, 0.5) is 5.82 Å². The molecule has 1 amide bonds. The Morgan fingerprint density at radius 1 is 1.33 bits per heavy atom. The molecule has 0 radical (unpaired) electrons. The predicted octanol–water partition coefficient (Wildman–Crippen LogP) is 3.59. The van der Waals surface area contributed by atoms with Crippen LogP contribution >= 0.6 is 11.6 Å². The summed E-state index contributed by atoms with van der Waals surface area (Å²) < 4.78 is 0. The predicted molar refractivity (Wildman–Crippen MR) is 82.9 cm³/mol. The van der Waals surface area contributed by atoms with Gasteiger partial charge in [-0.2, -0.15) is 0 Å². The van der Waals surface area contributed by atoms with Gasteiger partial charge >= 0.3 is 0 Å². The first-order chi connectivity index (χ1) is 10.0. The summed E-state index contributed by atoms with van der Waals surface area (Å²) in [5.41, 5.74) is 2.53. The minimum Gasteiger partial charge on any atom is -0.296 e. The van der Waals surface area contributed by atoms with E-state index in [1.807, 2.05) is 25.1 Å². The van der Waals surface area contributed by atoms with Crippen LogP contribution < -0.4 is 4.90 Å². The van der Waals surface area contributed by atoms with Crippen LogP contribution in [-0.4, -0.2) is 22.9 Å². The normalized spacial score (nSPS) is 14.0. The van der Waals surface area contributed by atoms with Gasteiger partial charge in [-0.3, -0.25) is 9.69 Å². The van der Waals surface area contributed by atoms with Crippen molar-refractivity contribution in [3.05, 3.63) is 52.4 Å². The highest BCUT2D eigenvalue weighted by Gasteiger charge is 2.27. The summed E-state index contributed by atoms with van der Waals surface area (Å²) in [6, 6.07) is 7.22. The van der Waals surface area contributed by atoms with Crippen LogP contribution in [0.25, 0.3) is 0 Å². The monoisotopic (exact) mass is 301 g/mol. The van der Waals surface area contributed by atoms with E-state index < -0.39 is 0 Å². The Bertz CT molecular complexity index is 680. The standard InChI is InChI=1S/C16H16ClN3O/c1-10-3-6-15(18-9-10)20(2)16(21)12-7-13(11-4-5-11)19-14(17)8-12/h3,6-9,11H,4-5H2,1-2H3. The van der Waals surface area contributed by atoms with Crippen molar-refractivity contribution in [1.29, 1.82) is 0 Å². The minimum atomic E-state index is -0.127. The molecule has 21 heavy (non-hydrogen) atoms. The molecule has 2 heterocycles. The van der Waals surface area contributed by atoms with Crippen molar-refractivity contribution in [3.63, 3.8) is 0 Å². The zero-order chi connectivity index (χ0) is 15.0. The summed E-state index contributed by atoms with van der Waals surface area (Å²) in [5.74, 6) is 0.946. The van der Waals surface area contributed by atoms with Crippen LogP contribution in [0.5, 0.6) is 0 Å². The zero-order valence-electron chi connectivity index (χ0n) is 12.0. The molecule has 2 aromatic heterocycles. The molecule has 4 nitrogen and oxygen atoms in total. The largest absolute Gasteiger partial charge is 0.296 e. The van der Waals surface area contributed by atoms with Gasteiger partial charge in [0.2, 0.25) is 0 Å². The third kappa shape index (κ3) is 3.05. The lowest BCUT2D eigenvalue weighted by molar-refractivity contribution is 0.0992. The van der Waals surface area contributed by atoms with Crippen molar-refractivity contribution in [2.24, 2.45) is 0 Å². The number of hydrogen-bond donors (Lipinski definition) is 0. The highest BCUT2D eigenvalue weighted by Crippen LogP contribution is 2.39. The molecule has 2 aromatic rings. The Balaban J connectivity index is 1.88. The van der Waals surface area contributed by atoms with E-state index in [4.69, 9.17) is 11.6 Å². The van der Waals surface area contributed by atoms with Gasteiger partial charge in [-0.15, -0.1) is 0 Å². The molecule has 0 aliphatic heterocycles. The molecule has 108 valence electrons. The fourth-order valence-corrected chi connectivity index (χ4v) is 2.40. The van der Waals surface area contributed by atoms with Crippen molar-refractivity contribution >= 4 is 23.3 Å². The van der Waals surface area contributed by atoms with Crippen molar-refractivity contribution in [2.75, 3.05) is 11.9 Å². The third-order valence-corrected chi connectivity index (χ3v) is 3.79. The van der Waals surface area contributed by atoms with Crippen molar-refractivity contribution in [3.8, 4) is 0 Å². The maximum absolute atomic E-state index is 12.6. The fourth-order valence-electron chi connectivity index (χ4n) is 2.18. The lowest BCUT2D eigenvalue weighted by atomic mass is 10.1. The molecule has 3 rings (SSSR count). The number of anilines is 1. The number of carbonyl (C=O) groups excluding carboxylic acids is 1. The summed E-state index contributed by atoms with van der Waals surface area (Å²) in [5, 5.41) is 0.369. The summed E-state index contributed by atoms with van der Waals surface area (Å²) in [7, 11) is 1.71. The summed E-state index contributed by atoms with van der Waals surface area (Å²) >= 11 is 6.04. The third-order valence-electron chi connectivity index (χ3n) is 3.60. The van der Waals surface area contributed by atoms with E-state index in [-0.39, 0.29) is 5.91 Å². The lowest BCUT2D eigenvalue weighted by Crippen LogP contribution is -2.27. The molecular weight excluding hydrogens is 286 g/mol. The molecule has 1 fully saturated rings.